The Morgan fingerprint density at radius 2 is 2.00 bits per heavy atom. The number of piperazine rings is 1. The molecule has 1 fully saturated rings. The average molecular weight is 351 g/mol. The van der Waals surface area contributed by atoms with Gasteiger partial charge in [0, 0.05) is 44.6 Å². The molecule has 1 aromatic carbocycles. The van der Waals surface area contributed by atoms with Crippen LogP contribution in [-0.2, 0) is 0 Å². The van der Waals surface area contributed by atoms with Crippen molar-refractivity contribution in [2.75, 3.05) is 42.9 Å². The fourth-order valence-corrected chi connectivity index (χ4v) is 3.12. The first-order chi connectivity index (χ1) is 12.6. The van der Waals surface area contributed by atoms with Gasteiger partial charge in [0.2, 0.25) is 5.95 Å². The molecule has 0 saturated carbocycles. The molecular weight excluding hydrogens is 326 g/mol. The van der Waals surface area contributed by atoms with E-state index in [0.29, 0.717) is 31.3 Å². The molecule has 6 nitrogen and oxygen atoms in total. The van der Waals surface area contributed by atoms with Crippen molar-refractivity contribution in [3.8, 4) is 0 Å². The molecule has 0 aliphatic carbocycles. The molecule has 2 heterocycles. The summed E-state index contributed by atoms with van der Waals surface area (Å²) >= 11 is 0. The Morgan fingerprint density at radius 3 is 2.73 bits per heavy atom. The number of benzene rings is 1. The SMILES string of the molecule is C=CCNc1nccc(C(=O)N2CCN(c3cccc(C)c3C)CC2)n1. The molecule has 0 unspecified atom stereocenters. The Morgan fingerprint density at radius 1 is 1.23 bits per heavy atom. The second-order valence-electron chi connectivity index (χ2n) is 6.43. The molecule has 1 aromatic heterocycles. The quantitative estimate of drug-likeness (QED) is 0.839. The standard InChI is InChI=1S/C20H25N5O/c1-4-9-21-20-22-10-8-17(23-20)19(26)25-13-11-24(12-14-25)18-7-5-6-15(2)16(18)3/h4-8,10H,1,9,11-14H2,2-3H3,(H,21,22,23). The van der Waals surface area contributed by atoms with Crippen LogP contribution in [0.2, 0.25) is 0 Å². The van der Waals surface area contributed by atoms with Gasteiger partial charge in [-0.1, -0.05) is 18.2 Å². The molecule has 1 amide bonds. The van der Waals surface area contributed by atoms with Crippen LogP contribution in [0.5, 0.6) is 0 Å². The summed E-state index contributed by atoms with van der Waals surface area (Å²) in [4.78, 5) is 25.4. The first-order valence-corrected chi connectivity index (χ1v) is 8.88. The molecule has 6 heteroatoms. The van der Waals surface area contributed by atoms with Crippen molar-refractivity contribution in [2.45, 2.75) is 13.8 Å². The third-order valence-electron chi connectivity index (χ3n) is 4.76. The van der Waals surface area contributed by atoms with E-state index in [1.54, 1.807) is 18.3 Å². The summed E-state index contributed by atoms with van der Waals surface area (Å²) in [6.07, 6.45) is 3.34. The molecule has 1 saturated heterocycles. The van der Waals surface area contributed by atoms with Crippen molar-refractivity contribution in [3.63, 3.8) is 0 Å². The van der Waals surface area contributed by atoms with E-state index < -0.39 is 0 Å². The van der Waals surface area contributed by atoms with Crippen LogP contribution in [0.15, 0.2) is 43.1 Å². The Labute approximate surface area is 154 Å². The van der Waals surface area contributed by atoms with Gasteiger partial charge in [0.25, 0.3) is 5.91 Å². The highest BCUT2D eigenvalue weighted by atomic mass is 16.2. The fourth-order valence-electron chi connectivity index (χ4n) is 3.12. The number of hydrogen-bond acceptors (Lipinski definition) is 5. The van der Waals surface area contributed by atoms with E-state index in [9.17, 15) is 4.79 Å². The maximum absolute atomic E-state index is 12.8. The summed E-state index contributed by atoms with van der Waals surface area (Å²) < 4.78 is 0. The number of aromatic nitrogens is 2. The number of anilines is 2. The average Bonchev–Trinajstić information content (AvgIpc) is 2.68. The molecule has 0 radical (unpaired) electrons. The molecule has 1 N–H and O–H groups in total. The molecule has 0 bridgehead atoms. The lowest BCUT2D eigenvalue weighted by Gasteiger charge is -2.37. The number of carbonyl (C=O) groups excluding carboxylic acids is 1. The number of rotatable bonds is 5. The highest BCUT2D eigenvalue weighted by Crippen LogP contribution is 2.24. The molecule has 3 rings (SSSR count). The van der Waals surface area contributed by atoms with Crippen LogP contribution in [-0.4, -0.2) is 53.5 Å². The molecule has 1 aliphatic heterocycles. The van der Waals surface area contributed by atoms with Crippen molar-refractivity contribution in [3.05, 3.63) is 59.9 Å². The van der Waals surface area contributed by atoms with Crippen LogP contribution in [0.1, 0.15) is 21.6 Å². The Bertz CT molecular complexity index is 797. The molecule has 26 heavy (non-hydrogen) atoms. The van der Waals surface area contributed by atoms with E-state index >= 15 is 0 Å². The van der Waals surface area contributed by atoms with Gasteiger partial charge in [-0.05, 0) is 37.1 Å². The molecule has 1 aliphatic rings. The summed E-state index contributed by atoms with van der Waals surface area (Å²) in [6, 6.07) is 8.04. The molecule has 0 atom stereocenters. The van der Waals surface area contributed by atoms with Crippen molar-refractivity contribution in [1.29, 1.82) is 0 Å². The lowest BCUT2D eigenvalue weighted by Crippen LogP contribution is -2.49. The van der Waals surface area contributed by atoms with E-state index in [2.05, 4.69) is 58.8 Å². The Hall–Kier alpha value is -2.89. The normalized spacial score (nSPS) is 14.2. The number of nitrogens with one attached hydrogen (secondary N) is 1. The smallest absolute Gasteiger partial charge is 0.272 e. The van der Waals surface area contributed by atoms with Crippen LogP contribution in [0, 0.1) is 13.8 Å². The van der Waals surface area contributed by atoms with Gasteiger partial charge in [-0.3, -0.25) is 4.79 Å². The van der Waals surface area contributed by atoms with Crippen LogP contribution in [0.3, 0.4) is 0 Å². The van der Waals surface area contributed by atoms with Gasteiger partial charge in [-0.2, -0.15) is 0 Å². The maximum atomic E-state index is 12.8. The van der Waals surface area contributed by atoms with Gasteiger partial charge in [0.05, 0.1) is 0 Å². The lowest BCUT2D eigenvalue weighted by molar-refractivity contribution is 0.0741. The molecule has 0 spiro atoms. The van der Waals surface area contributed by atoms with E-state index in [-0.39, 0.29) is 5.91 Å². The van der Waals surface area contributed by atoms with Gasteiger partial charge in [-0.15, -0.1) is 6.58 Å². The van der Waals surface area contributed by atoms with Gasteiger partial charge in [0.1, 0.15) is 5.69 Å². The van der Waals surface area contributed by atoms with Crippen molar-refractivity contribution < 1.29 is 4.79 Å². The number of amides is 1. The van der Waals surface area contributed by atoms with Gasteiger partial charge >= 0.3 is 0 Å². The minimum atomic E-state index is -0.0466. The molecule has 136 valence electrons. The third kappa shape index (κ3) is 3.85. The van der Waals surface area contributed by atoms with Crippen LogP contribution < -0.4 is 10.2 Å². The highest BCUT2D eigenvalue weighted by molar-refractivity contribution is 5.92. The predicted octanol–water partition coefficient (Wildman–Crippen LogP) is 2.65. The zero-order valence-corrected chi connectivity index (χ0v) is 15.4. The summed E-state index contributed by atoms with van der Waals surface area (Å²) in [5, 5.41) is 3.01. The third-order valence-corrected chi connectivity index (χ3v) is 4.76. The number of hydrogen-bond donors (Lipinski definition) is 1. The van der Waals surface area contributed by atoms with Gasteiger partial charge < -0.3 is 15.1 Å². The van der Waals surface area contributed by atoms with Gasteiger partial charge in [0.15, 0.2) is 0 Å². The van der Waals surface area contributed by atoms with Crippen molar-refractivity contribution in [1.82, 2.24) is 14.9 Å². The van der Waals surface area contributed by atoms with Crippen LogP contribution in [0.25, 0.3) is 0 Å². The minimum Gasteiger partial charge on any atom is -0.368 e. The fraction of sp³-hybridized carbons (Fsp3) is 0.350. The van der Waals surface area contributed by atoms with Crippen LogP contribution >= 0.6 is 0 Å². The number of nitrogens with zero attached hydrogens (tertiary/aromatic N) is 4. The van der Waals surface area contributed by atoms with E-state index in [1.165, 1.54) is 16.8 Å². The van der Waals surface area contributed by atoms with Crippen molar-refractivity contribution >= 4 is 17.5 Å². The van der Waals surface area contributed by atoms with Crippen LogP contribution in [0.4, 0.5) is 11.6 Å². The lowest BCUT2D eigenvalue weighted by atomic mass is 10.1. The summed E-state index contributed by atoms with van der Waals surface area (Å²) in [6.45, 7) is 11.5. The van der Waals surface area contributed by atoms with E-state index in [4.69, 9.17) is 0 Å². The maximum Gasteiger partial charge on any atom is 0.272 e. The summed E-state index contributed by atoms with van der Waals surface area (Å²) in [5.74, 6) is 0.402. The van der Waals surface area contributed by atoms with Crippen molar-refractivity contribution in [2.24, 2.45) is 0 Å². The Balaban J connectivity index is 1.65. The first-order valence-electron chi connectivity index (χ1n) is 8.88. The second-order valence-corrected chi connectivity index (χ2v) is 6.43. The highest BCUT2D eigenvalue weighted by Gasteiger charge is 2.24. The summed E-state index contributed by atoms with van der Waals surface area (Å²) in [7, 11) is 0. The molecular formula is C20H25N5O. The molecule has 2 aromatic rings. The number of carbonyl (C=O) groups is 1. The largest absolute Gasteiger partial charge is 0.368 e. The Kier molecular flexibility index (Phi) is 5.51. The zero-order chi connectivity index (χ0) is 18.5. The van der Waals surface area contributed by atoms with E-state index in [1.807, 2.05) is 4.90 Å². The topological polar surface area (TPSA) is 61.4 Å². The minimum absolute atomic E-state index is 0.0466. The zero-order valence-electron chi connectivity index (χ0n) is 15.4. The number of aryl methyl sites for hydroxylation is 1. The predicted molar refractivity (Wildman–Crippen MR) is 105 cm³/mol. The monoisotopic (exact) mass is 351 g/mol. The van der Waals surface area contributed by atoms with Gasteiger partial charge in [-0.25, -0.2) is 9.97 Å². The first kappa shape index (κ1) is 17.9. The second kappa shape index (κ2) is 7.99. The summed E-state index contributed by atoms with van der Waals surface area (Å²) in [5.41, 5.74) is 4.28. The van der Waals surface area contributed by atoms with E-state index in [0.717, 1.165) is 13.1 Å².